The van der Waals surface area contributed by atoms with Crippen molar-refractivity contribution in [1.82, 2.24) is 24.7 Å². The molecule has 158 valence electrons. The van der Waals surface area contributed by atoms with Gasteiger partial charge in [0.15, 0.2) is 5.82 Å². The second-order valence-electron chi connectivity index (χ2n) is 9.07. The molecule has 0 amide bonds. The van der Waals surface area contributed by atoms with Crippen LogP contribution in [0.5, 0.6) is 0 Å². The van der Waals surface area contributed by atoms with Crippen molar-refractivity contribution >= 4 is 22.4 Å². The van der Waals surface area contributed by atoms with E-state index in [9.17, 15) is 4.21 Å². The van der Waals surface area contributed by atoms with E-state index in [1.54, 1.807) is 17.2 Å². The molecule has 3 atom stereocenters. The molecule has 8 nitrogen and oxygen atoms in total. The van der Waals surface area contributed by atoms with E-state index in [0.29, 0.717) is 23.4 Å². The van der Waals surface area contributed by atoms with Crippen molar-refractivity contribution in [3.05, 3.63) is 47.7 Å². The highest BCUT2D eigenvalue weighted by atomic mass is 32.2. The maximum atomic E-state index is 12.6. The van der Waals surface area contributed by atoms with Gasteiger partial charge in [0, 0.05) is 55.9 Å². The van der Waals surface area contributed by atoms with E-state index in [1.165, 1.54) is 29.7 Å². The Hall–Kier alpha value is -2.81. The highest BCUT2D eigenvalue weighted by molar-refractivity contribution is 7.85. The summed E-state index contributed by atoms with van der Waals surface area (Å²) >= 11 is 0. The van der Waals surface area contributed by atoms with Crippen LogP contribution in [0.1, 0.15) is 16.8 Å². The third-order valence-electron chi connectivity index (χ3n) is 7.31. The molecule has 5 heterocycles. The number of rotatable bonds is 3. The van der Waals surface area contributed by atoms with Crippen LogP contribution in [0.4, 0.5) is 11.6 Å². The van der Waals surface area contributed by atoms with Crippen LogP contribution in [0.25, 0.3) is 5.82 Å². The van der Waals surface area contributed by atoms with Gasteiger partial charge in [-0.15, -0.1) is 10.2 Å². The van der Waals surface area contributed by atoms with Gasteiger partial charge in [-0.25, -0.2) is 4.98 Å². The van der Waals surface area contributed by atoms with Gasteiger partial charge in [0.25, 0.3) is 0 Å². The zero-order chi connectivity index (χ0) is 20.5. The number of aromatic nitrogens is 5. The summed E-state index contributed by atoms with van der Waals surface area (Å²) in [5.74, 6) is 3.28. The minimum Gasteiger partial charge on any atom is -0.371 e. The van der Waals surface area contributed by atoms with Gasteiger partial charge in [-0.1, -0.05) is 6.07 Å². The molecule has 0 bridgehead atoms. The highest BCUT2D eigenvalue weighted by Crippen LogP contribution is 2.38. The first-order valence-corrected chi connectivity index (χ1v) is 12.3. The summed E-state index contributed by atoms with van der Waals surface area (Å²) < 4.78 is 14.3. The Morgan fingerprint density at radius 2 is 1.61 bits per heavy atom. The second kappa shape index (κ2) is 6.59. The van der Waals surface area contributed by atoms with Crippen molar-refractivity contribution < 1.29 is 4.21 Å². The fourth-order valence-electron chi connectivity index (χ4n) is 5.54. The molecule has 0 spiro atoms. The molecule has 2 fully saturated rings. The third-order valence-corrected chi connectivity index (χ3v) is 8.76. The van der Waals surface area contributed by atoms with Crippen LogP contribution in [-0.4, -0.2) is 60.9 Å². The molecule has 0 radical (unpaired) electrons. The van der Waals surface area contributed by atoms with Gasteiger partial charge in [-0.2, -0.15) is 4.98 Å². The lowest BCUT2D eigenvalue weighted by atomic mass is 9.88. The normalized spacial score (nSPS) is 26.0. The summed E-state index contributed by atoms with van der Waals surface area (Å²) in [5, 5.41) is 7.82. The second-order valence-corrected chi connectivity index (χ2v) is 10.6. The smallest absolute Gasteiger partial charge is 0.227 e. The molecule has 4 aliphatic rings. The van der Waals surface area contributed by atoms with Gasteiger partial charge in [0.2, 0.25) is 5.95 Å². The van der Waals surface area contributed by atoms with Gasteiger partial charge < -0.3 is 9.80 Å². The number of benzene rings is 1. The summed E-state index contributed by atoms with van der Waals surface area (Å²) in [4.78, 5) is 15.3. The van der Waals surface area contributed by atoms with Crippen LogP contribution in [0.3, 0.4) is 0 Å². The first-order chi connectivity index (χ1) is 15.2. The lowest BCUT2D eigenvalue weighted by Crippen LogP contribution is -2.30. The van der Waals surface area contributed by atoms with E-state index in [1.807, 2.05) is 0 Å². The van der Waals surface area contributed by atoms with Crippen molar-refractivity contribution in [1.29, 1.82) is 0 Å². The molecule has 31 heavy (non-hydrogen) atoms. The summed E-state index contributed by atoms with van der Waals surface area (Å²) in [6, 6.07) is 7.00. The molecule has 3 aromatic rings. The van der Waals surface area contributed by atoms with Crippen LogP contribution in [0.2, 0.25) is 0 Å². The molecule has 9 heteroatoms. The summed E-state index contributed by atoms with van der Waals surface area (Å²) in [6.45, 7) is 4.12. The molecule has 2 saturated heterocycles. The van der Waals surface area contributed by atoms with Crippen molar-refractivity contribution in [3.8, 4) is 5.82 Å². The van der Waals surface area contributed by atoms with Crippen LogP contribution in [-0.2, 0) is 30.1 Å². The van der Waals surface area contributed by atoms with Crippen molar-refractivity contribution in [2.75, 3.05) is 41.7 Å². The molecule has 2 aromatic heterocycles. The number of fused-ring (bicyclic) bond motifs is 3. The monoisotopic (exact) mass is 433 g/mol. The maximum absolute atomic E-state index is 12.6. The highest BCUT2D eigenvalue weighted by Gasteiger charge is 2.41. The van der Waals surface area contributed by atoms with Gasteiger partial charge in [0.1, 0.15) is 17.6 Å². The first-order valence-electron chi connectivity index (χ1n) is 11.0. The van der Waals surface area contributed by atoms with Gasteiger partial charge in [0.05, 0.1) is 16.5 Å². The van der Waals surface area contributed by atoms with Crippen LogP contribution >= 0.6 is 0 Å². The van der Waals surface area contributed by atoms with Crippen molar-refractivity contribution in [2.24, 2.45) is 11.8 Å². The number of nitrogens with zero attached hydrogens (tertiary/aromatic N) is 7. The topological polar surface area (TPSA) is 80.0 Å². The molecular weight excluding hydrogens is 410 g/mol. The van der Waals surface area contributed by atoms with Gasteiger partial charge in [-0.05, 0) is 36.1 Å². The van der Waals surface area contributed by atoms with Crippen molar-refractivity contribution in [3.63, 3.8) is 0 Å². The fraction of sp³-hybridized carbons (Fsp3) is 0.455. The van der Waals surface area contributed by atoms with Gasteiger partial charge in [-0.3, -0.25) is 8.78 Å². The molecular formula is C22H23N7OS. The zero-order valence-corrected chi connectivity index (χ0v) is 18.0. The Bertz CT molecular complexity index is 1200. The average molecular weight is 434 g/mol. The predicted molar refractivity (Wildman–Crippen MR) is 117 cm³/mol. The minimum absolute atomic E-state index is 0.615. The van der Waals surface area contributed by atoms with Crippen LogP contribution in [0.15, 0.2) is 35.7 Å². The minimum atomic E-state index is -1.06. The Balaban J connectivity index is 1.15. The third kappa shape index (κ3) is 2.75. The number of aryl methyl sites for hydroxylation is 3. The zero-order valence-electron chi connectivity index (χ0n) is 17.1. The first kappa shape index (κ1) is 17.8. The molecule has 2 unspecified atom stereocenters. The maximum Gasteiger partial charge on any atom is 0.227 e. The molecule has 1 aromatic carbocycles. The van der Waals surface area contributed by atoms with E-state index in [4.69, 9.17) is 9.97 Å². The Labute approximate surface area is 182 Å². The van der Waals surface area contributed by atoms with E-state index < -0.39 is 10.8 Å². The summed E-state index contributed by atoms with van der Waals surface area (Å²) in [6.07, 6.45) is 6.44. The predicted octanol–water partition coefficient (Wildman–Crippen LogP) is 1.39. The Morgan fingerprint density at radius 1 is 0.871 bits per heavy atom. The van der Waals surface area contributed by atoms with Crippen molar-refractivity contribution in [2.45, 2.75) is 24.2 Å². The van der Waals surface area contributed by atoms with E-state index in [-0.39, 0.29) is 0 Å². The quantitative estimate of drug-likeness (QED) is 0.618. The van der Waals surface area contributed by atoms with Crippen LogP contribution in [0, 0.1) is 11.8 Å². The van der Waals surface area contributed by atoms with E-state index >= 15 is 0 Å². The molecule has 0 saturated carbocycles. The molecule has 1 aliphatic carbocycles. The largest absolute Gasteiger partial charge is 0.371 e. The van der Waals surface area contributed by atoms with Crippen LogP contribution < -0.4 is 9.80 Å². The standard InChI is InChI=1S/C22H23N7OS/c30-31-6-5-19-20(31)21(29-12-23-24-13-29)26-22(25-19)28-10-16-8-27(9-17(16)11-28)18-4-3-14-1-2-15(14)7-18/h3-4,7,12-13,16-17H,1-2,5-6,8-11H2/t16?,17?,31-/m1/s1. The molecule has 7 rings (SSSR count). The number of hydrogen-bond acceptors (Lipinski definition) is 7. The molecule has 0 N–H and O–H groups in total. The van der Waals surface area contributed by atoms with E-state index in [0.717, 1.165) is 49.1 Å². The lowest BCUT2D eigenvalue weighted by Gasteiger charge is -2.26. The number of hydrogen-bond donors (Lipinski definition) is 0. The van der Waals surface area contributed by atoms with Gasteiger partial charge >= 0.3 is 0 Å². The Morgan fingerprint density at radius 3 is 2.32 bits per heavy atom. The molecule has 3 aliphatic heterocycles. The van der Waals surface area contributed by atoms with E-state index in [2.05, 4.69) is 38.2 Å². The summed E-state index contributed by atoms with van der Waals surface area (Å²) in [7, 11) is -1.06. The fourth-order valence-corrected chi connectivity index (χ4v) is 6.89. The average Bonchev–Trinajstić information content (AvgIpc) is 3.52. The lowest BCUT2D eigenvalue weighted by molar-refractivity contribution is 0.533. The Kier molecular flexibility index (Phi) is 3.79. The summed E-state index contributed by atoms with van der Waals surface area (Å²) in [5.41, 5.74) is 5.34. The SMILES string of the molecule is O=[S@@]1CCc2nc(N3CC4CN(c5ccc6c(c5)CC6)CC4C3)nc(-n3cnnc3)c21. The number of anilines is 2.